The minimum atomic E-state index is -4.94. The van der Waals surface area contributed by atoms with Gasteiger partial charge in [-0.15, -0.1) is 0 Å². The Balaban J connectivity index is 0.00000122. The number of aromatic hydroxyl groups is 1. The molecule has 0 heterocycles. The minimum absolute atomic E-state index is 0.0285. The van der Waals surface area contributed by atoms with Gasteiger partial charge in [0.15, 0.2) is 0 Å². The summed E-state index contributed by atoms with van der Waals surface area (Å²) in [5.74, 6) is 0.149. The molecule has 180 valence electrons. The van der Waals surface area contributed by atoms with Crippen molar-refractivity contribution in [3.8, 4) is 5.75 Å². The average molecular weight is 548 g/mol. The van der Waals surface area contributed by atoms with Crippen LogP contribution in [0.2, 0.25) is 0 Å². The number of aryl methyl sites for hydroxylation is 1. The van der Waals surface area contributed by atoms with Crippen LogP contribution in [0.4, 0.5) is 32.0 Å². The normalized spacial score (nSPS) is 15.3. The Hall–Kier alpha value is -1.22. The molecule has 1 aliphatic carbocycles. The van der Waals surface area contributed by atoms with Gasteiger partial charge in [-0.2, -0.15) is 26.3 Å². The summed E-state index contributed by atoms with van der Waals surface area (Å²) in [4.78, 5) is 3.83. The van der Waals surface area contributed by atoms with Gasteiger partial charge in [0.2, 0.25) is 0 Å². The van der Waals surface area contributed by atoms with Crippen molar-refractivity contribution in [3.63, 3.8) is 0 Å². The van der Waals surface area contributed by atoms with Crippen LogP contribution in [0.25, 0.3) is 0 Å². The number of nitrogens with zero attached hydrogens (tertiary/aromatic N) is 1. The van der Waals surface area contributed by atoms with E-state index < -0.39 is 46.2 Å². The number of aliphatic imine (C=N–C) groups is 1. The van der Waals surface area contributed by atoms with E-state index in [4.69, 9.17) is 18.6 Å². The number of hydrogen-bond acceptors (Lipinski definition) is 2. The number of phenols is 1. The first-order valence-electron chi connectivity index (χ1n) is 10.00. The molecule has 0 spiro atoms. The molecule has 33 heavy (non-hydrogen) atoms. The van der Waals surface area contributed by atoms with Gasteiger partial charge in [-0.25, -0.2) is 0 Å². The first-order valence-corrected chi connectivity index (χ1v) is 14.3. The van der Waals surface area contributed by atoms with E-state index in [1.165, 1.54) is 0 Å². The van der Waals surface area contributed by atoms with Gasteiger partial charge in [0.05, 0.1) is 16.8 Å². The van der Waals surface area contributed by atoms with E-state index in [1.807, 2.05) is 13.0 Å². The fourth-order valence-corrected chi connectivity index (χ4v) is 3.82. The quantitative estimate of drug-likeness (QED) is 0.232. The molecule has 1 fully saturated rings. The van der Waals surface area contributed by atoms with E-state index >= 15 is 0 Å². The van der Waals surface area contributed by atoms with Crippen LogP contribution in [0.3, 0.4) is 0 Å². The molecule has 0 unspecified atom stereocenters. The van der Waals surface area contributed by atoms with Crippen LogP contribution in [0, 0.1) is 6.92 Å². The summed E-state index contributed by atoms with van der Waals surface area (Å²) >= 11 is -0.556. The Kier molecular flexibility index (Phi) is 10.2. The summed E-state index contributed by atoms with van der Waals surface area (Å²) in [6.45, 7) is 1.81. The topological polar surface area (TPSA) is 32.6 Å². The molecule has 0 saturated heterocycles. The molecule has 0 radical (unpaired) electrons. The van der Waals surface area contributed by atoms with Crippen LogP contribution < -0.4 is 0 Å². The molecule has 1 N–H and O–H groups in total. The maximum atomic E-state index is 13.0. The number of alkyl halides is 6. The van der Waals surface area contributed by atoms with Crippen molar-refractivity contribution in [1.82, 2.24) is 0 Å². The third-order valence-electron chi connectivity index (χ3n) is 5.28. The second-order valence-electron chi connectivity index (χ2n) is 7.72. The molecule has 0 atom stereocenters. The number of benzene rings is 2. The van der Waals surface area contributed by atoms with Crippen LogP contribution >= 0.6 is 18.6 Å². The van der Waals surface area contributed by atoms with Gasteiger partial charge in [0.1, 0.15) is 5.75 Å². The zero-order chi connectivity index (χ0) is 24.8. The molecule has 3 rings (SSSR count). The SMILES string of the molecule is Cc1cc(C=Nc2cc(C(F)(F)F)cc(C(F)(F)F)c2)c(O)c(C2CCCCC2)c1.[Cl][Ti][Cl]. The predicted molar refractivity (Wildman–Crippen MR) is 114 cm³/mol. The molecular weight excluding hydrogens is 527 g/mol. The van der Waals surface area contributed by atoms with Gasteiger partial charge >= 0.3 is 48.0 Å². The van der Waals surface area contributed by atoms with Gasteiger partial charge in [-0.05, 0) is 61.1 Å². The first kappa shape index (κ1) is 28.0. The van der Waals surface area contributed by atoms with Gasteiger partial charge in [-0.1, -0.05) is 25.3 Å². The van der Waals surface area contributed by atoms with E-state index in [1.54, 1.807) is 6.07 Å². The molecule has 11 heteroatoms. The molecule has 1 aliphatic rings. The summed E-state index contributed by atoms with van der Waals surface area (Å²) in [6, 6.07) is 4.64. The average Bonchev–Trinajstić information content (AvgIpc) is 2.74. The second-order valence-corrected chi connectivity index (χ2v) is 10.3. The fraction of sp³-hybridized carbons (Fsp3) is 0.409. The molecule has 2 nitrogen and oxygen atoms in total. The molecule has 0 bridgehead atoms. The van der Waals surface area contributed by atoms with E-state index in [-0.39, 0.29) is 23.3 Å². The van der Waals surface area contributed by atoms with Gasteiger partial charge in [-0.3, -0.25) is 4.99 Å². The fourth-order valence-electron chi connectivity index (χ4n) is 3.82. The van der Waals surface area contributed by atoms with Crippen molar-refractivity contribution < 1.29 is 48.5 Å². The van der Waals surface area contributed by atoms with Crippen molar-refractivity contribution in [1.29, 1.82) is 0 Å². The number of phenolic OH excluding ortho intramolecular Hbond substituents is 1. The maximum absolute atomic E-state index is 13.0. The molecule has 0 aromatic heterocycles. The molecular formula is C22H21Cl2F6NOTi. The van der Waals surface area contributed by atoms with Crippen molar-refractivity contribution in [2.45, 2.75) is 57.3 Å². The van der Waals surface area contributed by atoms with Crippen LogP contribution in [0.15, 0.2) is 35.3 Å². The van der Waals surface area contributed by atoms with Crippen LogP contribution in [-0.4, -0.2) is 11.3 Å². The third-order valence-corrected chi connectivity index (χ3v) is 5.28. The van der Waals surface area contributed by atoms with Crippen LogP contribution in [-0.2, 0) is 29.4 Å². The molecule has 2 aromatic rings. The zero-order valence-electron chi connectivity index (χ0n) is 17.5. The number of halogens is 8. The van der Waals surface area contributed by atoms with Gasteiger partial charge < -0.3 is 5.11 Å². The molecule has 0 aliphatic heterocycles. The van der Waals surface area contributed by atoms with Crippen LogP contribution in [0.1, 0.15) is 65.8 Å². The summed E-state index contributed by atoms with van der Waals surface area (Å²) in [6.07, 6.45) is -3.68. The first-order chi connectivity index (χ1) is 15.4. The monoisotopic (exact) mass is 547 g/mol. The Labute approximate surface area is 204 Å². The predicted octanol–water partition coefficient (Wildman–Crippen LogP) is 8.91. The van der Waals surface area contributed by atoms with Crippen molar-refractivity contribution in [2.24, 2.45) is 4.99 Å². The van der Waals surface area contributed by atoms with Gasteiger partial charge in [0, 0.05) is 11.8 Å². The van der Waals surface area contributed by atoms with E-state index in [2.05, 4.69) is 4.99 Å². The van der Waals surface area contributed by atoms with Crippen LogP contribution in [0.5, 0.6) is 5.75 Å². The number of rotatable bonds is 3. The van der Waals surface area contributed by atoms with E-state index in [9.17, 15) is 31.4 Å². The van der Waals surface area contributed by atoms with E-state index in [0.717, 1.165) is 49.4 Å². The molecule has 2 aromatic carbocycles. The summed E-state index contributed by atoms with van der Waals surface area (Å²) < 4.78 is 78.1. The Bertz CT molecular complexity index is 940. The van der Waals surface area contributed by atoms with Crippen molar-refractivity contribution in [3.05, 3.63) is 58.1 Å². The number of hydrogen-bond donors (Lipinski definition) is 1. The molecule has 1 saturated carbocycles. The Morgan fingerprint density at radius 3 is 1.91 bits per heavy atom. The standard InChI is InChI=1S/C22H21F6NO.2ClH.Ti/c1-13-7-15(20(30)19(8-13)14-5-3-2-4-6-14)12-29-18-10-16(21(23,24)25)9-17(11-18)22(26,27)28;;;/h7-12,14,30H,2-6H2,1H3;2*1H;/q;;;+2/p-2. The van der Waals surface area contributed by atoms with Gasteiger partial charge in [0.25, 0.3) is 0 Å². The van der Waals surface area contributed by atoms with Crippen molar-refractivity contribution in [2.75, 3.05) is 0 Å². The third kappa shape index (κ3) is 8.20. The summed E-state index contributed by atoms with van der Waals surface area (Å²) in [5, 5.41) is 10.7. The summed E-state index contributed by atoms with van der Waals surface area (Å²) in [5.41, 5.74) is -1.51. The summed E-state index contributed by atoms with van der Waals surface area (Å²) in [7, 11) is 9.78. The van der Waals surface area contributed by atoms with E-state index in [0.29, 0.717) is 12.1 Å². The Morgan fingerprint density at radius 2 is 1.42 bits per heavy atom. The second kappa shape index (κ2) is 12.0. The zero-order valence-corrected chi connectivity index (χ0v) is 20.6. The Morgan fingerprint density at radius 1 is 0.909 bits per heavy atom. The van der Waals surface area contributed by atoms with Crippen molar-refractivity contribution >= 4 is 30.5 Å². The molecule has 0 amide bonds.